The van der Waals surface area contributed by atoms with E-state index in [9.17, 15) is 54.2 Å². The van der Waals surface area contributed by atoms with Crippen molar-refractivity contribution >= 4 is 62.5 Å². The van der Waals surface area contributed by atoms with Crippen molar-refractivity contribution in [1.82, 2.24) is 14.7 Å². The monoisotopic (exact) mass is 1420 g/mol. The van der Waals surface area contributed by atoms with Crippen LogP contribution in [0.1, 0.15) is 146 Å². The van der Waals surface area contributed by atoms with Crippen molar-refractivity contribution in [3.8, 4) is 0 Å². The first-order valence-electron chi connectivity index (χ1n) is 31.8. The second-order valence-electron chi connectivity index (χ2n) is 25.4. The molecule has 6 aliphatic rings. The van der Waals surface area contributed by atoms with Gasteiger partial charge in [0.25, 0.3) is 0 Å². The van der Waals surface area contributed by atoms with Gasteiger partial charge in [-0.1, -0.05) is 143 Å². The van der Waals surface area contributed by atoms with Gasteiger partial charge in [0.15, 0.2) is 0 Å². The van der Waals surface area contributed by atoms with E-state index in [0.29, 0.717) is 47.2 Å². The lowest BCUT2D eigenvalue weighted by molar-refractivity contribution is -0.145. The molecule has 0 radical (unpaired) electrons. The Morgan fingerprint density at radius 3 is 1.16 bits per heavy atom. The summed E-state index contributed by atoms with van der Waals surface area (Å²) in [6.07, 6.45) is 1.43. The van der Waals surface area contributed by atoms with Gasteiger partial charge in [0.05, 0.1) is 59.0 Å². The van der Waals surface area contributed by atoms with E-state index in [2.05, 4.69) is 33.0 Å². The number of rotatable bonds is 14. The van der Waals surface area contributed by atoms with Gasteiger partial charge in [-0.15, -0.1) is 0 Å². The van der Waals surface area contributed by atoms with Crippen molar-refractivity contribution < 1.29 is 63.7 Å². The number of amides is 2. The average Bonchev–Trinajstić information content (AvgIpc) is 0.770. The lowest BCUT2D eigenvalue weighted by Crippen LogP contribution is -2.54. The molecule has 3 atom stereocenters. The Bertz CT molecular complexity index is 3350. The number of ether oxygens (including phenoxy) is 2. The van der Waals surface area contributed by atoms with Crippen molar-refractivity contribution in [2.24, 2.45) is 0 Å². The maximum Gasteiger partial charge on any atom is 0.416 e. The molecule has 2 amide bonds. The maximum absolute atomic E-state index is 13.5. The lowest BCUT2D eigenvalue weighted by atomic mass is 9.63. The van der Waals surface area contributed by atoms with E-state index < -0.39 is 40.6 Å². The highest BCUT2D eigenvalue weighted by atomic mass is 79.9. The van der Waals surface area contributed by atoms with Crippen LogP contribution in [0.4, 0.5) is 39.5 Å². The maximum atomic E-state index is 13.5. The van der Waals surface area contributed by atoms with E-state index in [-0.39, 0.29) is 47.6 Å². The van der Waals surface area contributed by atoms with Crippen LogP contribution in [0.2, 0.25) is 15.1 Å². The predicted octanol–water partition coefficient (Wildman–Crippen LogP) is 18.8. The first kappa shape index (κ1) is 72.1. The van der Waals surface area contributed by atoms with Gasteiger partial charge in [-0.05, 0) is 190 Å². The summed E-state index contributed by atoms with van der Waals surface area (Å²) in [6, 6.07) is 38.8. The number of aliphatic hydroxyl groups excluding tert-OH is 1. The lowest BCUT2D eigenvalue weighted by Gasteiger charge is -2.47. The van der Waals surface area contributed by atoms with Crippen LogP contribution in [0.25, 0.3) is 0 Å². The molecule has 0 aromatic heterocycles. The molecule has 502 valence electrons. The summed E-state index contributed by atoms with van der Waals surface area (Å²) >= 11 is 21.2. The fourth-order valence-electron chi connectivity index (χ4n) is 13.3. The van der Waals surface area contributed by atoms with Gasteiger partial charge in [0.2, 0.25) is 11.8 Å². The van der Waals surface area contributed by atoms with Crippen molar-refractivity contribution in [1.29, 1.82) is 0 Å². The Hall–Kier alpha value is -5.18. The number of benzene rings is 6. The third-order valence-electron chi connectivity index (χ3n) is 19.1. The summed E-state index contributed by atoms with van der Waals surface area (Å²) in [7, 11) is 0. The Morgan fingerprint density at radius 2 is 0.806 bits per heavy atom. The fraction of sp³-hybridized carbons (Fsp3) is 0.472. The van der Waals surface area contributed by atoms with Crippen molar-refractivity contribution in [2.45, 2.75) is 168 Å². The van der Waals surface area contributed by atoms with Crippen LogP contribution in [0.3, 0.4) is 0 Å². The summed E-state index contributed by atoms with van der Waals surface area (Å²) in [6.45, 7) is 5.99. The molecular weight excluding hydrogens is 1340 g/mol. The first-order valence-corrected chi connectivity index (χ1v) is 34.1. The highest BCUT2D eigenvalue weighted by Gasteiger charge is 2.50. The molecule has 3 saturated heterocycles. The predicted molar refractivity (Wildman–Crippen MR) is 348 cm³/mol. The summed E-state index contributed by atoms with van der Waals surface area (Å²) in [5.41, 5.74) is 3.22. The third kappa shape index (κ3) is 18.9. The van der Waals surface area contributed by atoms with Crippen LogP contribution in [-0.4, -0.2) is 95.7 Å². The van der Waals surface area contributed by atoms with Gasteiger partial charge in [-0.2, -0.15) is 39.5 Å². The number of aliphatic hydroxyl groups is 1. The molecule has 0 bridgehead atoms. The molecule has 93 heavy (non-hydrogen) atoms. The molecule has 12 rings (SSSR count). The zero-order chi connectivity index (χ0) is 66.6. The van der Waals surface area contributed by atoms with Crippen LogP contribution < -0.4 is 0 Å². The van der Waals surface area contributed by atoms with E-state index in [4.69, 9.17) is 44.3 Å². The van der Waals surface area contributed by atoms with E-state index in [0.717, 1.165) is 167 Å². The molecule has 3 heterocycles. The van der Waals surface area contributed by atoms with Gasteiger partial charge < -0.3 is 24.4 Å². The summed E-state index contributed by atoms with van der Waals surface area (Å²) in [5, 5.41) is 12.5. The van der Waals surface area contributed by atoms with Gasteiger partial charge >= 0.3 is 18.5 Å². The molecule has 3 saturated carbocycles. The van der Waals surface area contributed by atoms with E-state index in [1.54, 1.807) is 0 Å². The largest absolute Gasteiger partial charge is 0.416 e. The Labute approximate surface area is 562 Å². The minimum atomic E-state index is -4.34. The van der Waals surface area contributed by atoms with E-state index in [1.807, 2.05) is 70.5 Å². The Morgan fingerprint density at radius 1 is 0.452 bits per heavy atom. The topological polar surface area (TPSA) is 82.6 Å². The highest BCUT2D eigenvalue weighted by molar-refractivity contribution is 9.08. The zero-order valence-corrected chi connectivity index (χ0v) is 55.5. The molecular formula is C72H78BrCl3F9N3O5. The second kappa shape index (κ2) is 31.8. The minimum Gasteiger partial charge on any atom is -0.391 e. The molecule has 3 unspecified atom stereocenters. The van der Waals surface area contributed by atoms with Crippen LogP contribution in [0.5, 0.6) is 0 Å². The van der Waals surface area contributed by atoms with Crippen LogP contribution in [0.15, 0.2) is 146 Å². The average molecular weight is 1420 g/mol. The quantitative estimate of drug-likeness (QED) is 0.0864. The molecule has 6 fully saturated rings. The first-order chi connectivity index (χ1) is 44.3. The second-order valence-corrected chi connectivity index (χ2v) is 27.3. The number of carbonyl (C=O) groups excluding carboxylic acids is 2. The number of carbonyl (C=O) groups is 2. The third-order valence-corrected chi connectivity index (χ3v) is 20.5. The highest BCUT2D eigenvalue weighted by Crippen LogP contribution is 2.48. The number of hydrogen-bond acceptors (Lipinski definition) is 6. The Balaban J connectivity index is 0.000000154. The number of halogens is 13. The van der Waals surface area contributed by atoms with Crippen molar-refractivity contribution in [3.05, 3.63) is 211 Å². The molecule has 8 nitrogen and oxygen atoms in total. The minimum absolute atomic E-state index is 0.114. The number of piperidine rings is 3. The molecule has 3 aliphatic heterocycles. The van der Waals surface area contributed by atoms with Crippen LogP contribution >= 0.6 is 50.7 Å². The fourth-order valence-corrected chi connectivity index (χ4v) is 14.1. The zero-order valence-electron chi connectivity index (χ0n) is 51.6. The number of nitrogens with zero attached hydrogens (tertiary/aromatic N) is 3. The smallest absolute Gasteiger partial charge is 0.391 e. The normalized spacial score (nSPS) is 20.9. The number of hydrogen-bond donors (Lipinski definition) is 1. The van der Waals surface area contributed by atoms with Gasteiger partial charge in [0, 0.05) is 65.1 Å². The number of likely N-dealkylation sites (tertiary alicyclic amines) is 3. The summed E-state index contributed by atoms with van der Waals surface area (Å²) in [4.78, 5) is 32.6. The summed E-state index contributed by atoms with van der Waals surface area (Å²) < 4.78 is 124. The molecule has 6 aromatic rings. The van der Waals surface area contributed by atoms with Gasteiger partial charge in [-0.25, -0.2) is 0 Å². The summed E-state index contributed by atoms with van der Waals surface area (Å²) in [5.74, 6) is 0.328. The SMILES string of the molecule is FC(F)(F)c1ccc(CBr)cc1.FC(F)(F)c1ccc(COC2CCCN(CC3(c4ccc(Cl)cc4)CCC3)C2)cc1.O=C(N1CCCC(O)C1)C1(c2ccc(Cl)cc2)CCC1.O=C(N1CCCC(OCc2ccc(C(F)(F)F)cc2)C1)C1(c2ccc(Cl)cc2)CCC1. The number of alkyl halides is 10. The van der Waals surface area contributed by atoms with Crippen molar-refractivity contribution in [3.63, 3.8) is 0 Å². The van der Waals surface area contributed by atoms with E-state index in [1.165, 1.54) is 61.2 Å². The van der Waals surface area contributed by atoms with E-state index >= 15 is 0 Å². The molecule has 0 spiro atoms. The number of β-amino-alcohol motifs (C(OH)–C–C–N with tert-alkyl or cyclic N) is 1. The molecule has 21 heteroatoms. The van der Waals surface area contributed by atoms with Gasteiger partial charge in [-0.3, -0.25) is 14.5 Å². The van der Waals surface area contributed by atoms with Crippen LogP contribution in [-0.2, 0) is 72.4 Å². The van der Waals surface area contributed by atoms with Crippen LogP contribution in [0, 0.1) is 0 Å². The molecule has 3 aliphatic carbocycles. The van der Waals surface area contributed by atoms with Crippen molar-refractivity contribution in [2.75, 3.05) is 45.8 Å². The Kier molecular flexibility index (Phi) is 24.6. The standard InChI is InChI=1S/C24H25ClF3NO2.C24H27ClF3NO.C16H20ClNO2.C8H6BrF3/c25-20-10-8-18(9-11-20)23(12-2-13-23)22(30)29-14-1-3-21(15-29)31-16-17-4-6-19(7-5-17)24(26,27)28;25-21-10-8-19(9-11-21)23(12-2-13-23)17-29-14-1-3-22(15-29)30-16-18-4-6-20(7-5-18)24(26,27)28;17-13-6-4-12(5-7-13)16(8-2-9-16)15(20)18-10-1-3-14(19)11-18;9-5-6-1-3-7(4-2-6)8(10,11)12/h4-11,21H,1-3,12-16H2;4-11,22H,1-3,12-17H2;4-7,14,19H,1-3,8-11H2;1-4H,5H2. The molecule has 6 aromatic carbocycles. The molecule has 1 N–H and O–H groups in total. The van der Waals surface area contributed by atoms with Gasteiger partial charge in [0.1, 0.15) is 0 Å².